The van der Waals surface area contributed by atoms with Crippen LogP contribution in [0.2, 0.25) is 0 Å². The highest BCUT2D eigenvalue weighted by atomic mass is 16.5. The van der Waals surface area contributed by atoms with Gasteiger partial charge in [-0.3, -0.25) is 4.79 Å². The highest BCUT2D eigenvalue weighted by Crippen LogP contribution is 2.03. The minimum atomic E-state index is -0.573. The summed E-state index contributed by atoms with van der Waals surface area (Å²) >= 11 is 0. The van der Waals surface area contributed by atoms with Crippen LogP contribution >= 0.6 is 0 Å². The van der Waals surface area contributed by atoms with Gasteiger partial charge in [0.1, 0.15) is 0 Å². The van der Waals surface area contributed by atoms with Gasteiger partial charge in [-0.1, -0.05) is 13.8 Å². The van der Waals surface area contributed by atoms with Crippen molar-refractivity contribution in [2.24, 2.45) is 5.92 Å². The molecule has 0 aliphatic carbocycles. The predicted octanol–water partition coefficient (Wildman–Crippen LogP) is 1.26. The van der Waals surface area contributed by atoms with Crippen LogP contribution < -0.4 is 5.32 Å². The van der Waals surface area contributed by atoms with Gasteiger partial charge in [-0.2, -0.15) is 0 Å². The van der Waals surface area contributed by atoms with Crippen molar-refractivity contribution in [2.45, 2.75) is 52.7 Å². The standard InChI is InChI=1S/C15H32N2O3/c1-6-17(5)15(19)13(4)16-10-14(18)11-20-9-7-8-12(2)3/h12-14,16,18H,6-11H2,1-5H3. The van der Waals surface area contributed by atoms with Crippen molar-refractivity contribution in [3.63, 3.8) is 0 Å². The summed E-state index contributed by atoms with van der Waals surface area (Å²) in [7, 11) is 1.77. The van der Waals surface area contributed by atoms with Gasteiger partial charge in [0, 0.05) is 26.7 Å². The number of hydrogen-bond donors (Lipinski definition) is 2. The maximum atomic E-state index is 11.8. The summed E-state index contributed by atoms with van der Waals surface area (Å²) in [6.07, 6.45) is 1.59. The number of hydrogen-bond acceptors (Lipinski definition) is 4. The molecule has 0 rings (SSSR count). The average Bonchev–Trinajstić information content (AvgIpc) is 2.42. The molecular weight excluding hydrogens is 256 g/mol. The van der Waals surface area contributed by atoms with Crippen molar-refractivity contribution < 1.29 is 14.6 Å². The van der Waals surface area contributed by atoms with Crippen LogP contribution in [0.1, 0.15) is 40.5 Å². The number of aliphatic hydroxyl groups is 1. The first-order valence-electron chi connectivity index (χ1n) is 7.62. The SMILES string of the molecule is CCN(C)C(=O)C(C)NCC(O)COCCCC(C)C. The molecule has 0 radical (unpaired) electrons. The first kappa shape index (κ1) is 19.4. The Morgan fingerprint density at radius 3 is 2.55 bits per heavy atom. The molecule has 2 N–H and O–H groups in total. The van der Waals surface area contributed by atoms with Crippen molar-refractivity contribution in [3.8, 4) is 0 Å². The lowest BCUT2D eigenvalue weighted by Crippen LogP contribution is -2.46. The van der Waals surface area contributed by atoms with Crippen LogP contribution in [0.5, 0.6) is 0 Å². The van der Waals surface area contributed by atoms with Gasteiger partial charge in [-0.15, -0.1) is 0 Å². The summed E-state index contributed by atoms with van der Waals surface area (Å²) in [5, 5.41) is 12.8. The smallest absolute Gasteiger partial charge is 0.239 e. The predicted molar refractivity (Wildman–Crippen MR) is 81.7 cm³/mol. The number of amides is 1. The normalized spacial score (nSPS) is 14.3. The third kappa shape index (κ3) is 9.28. The summed E-state index contributed by atoms with van der Waals surface area (Å²) in [5.41, 5.74) is 0. The lowest BCUT2D eigenvalue weighted by molar-refractivity contribution is -0.131. The Labute approximate surface area is 123 Å². The van der Waals surface area contributed by atoms with Crippen molar-refractivity contribution in [1.29, 1.82) is 0 Å². The third-order valence-corrected chi connectivity index (χ3v) is 3.26. The molecule has 0 saturated carbocycles. The molecule has 5 heteroatoms. The number of nitrogens with one attached hydrogen (secondary N) is 1. The Morgan fingerprint density at radius 1 is 1.35 bits per heavy atom. The van der Waals surface area contributed by atoms with E-state index in [0.717, 1.165) is 12.8 Å². The van der Waals surface area contributed by atoms with Crippen LogP contribution in [0.3, 0.4) is 0 Å². The zero-order valence-electron chi connectivity index (χ0n) is 13.7. The Bertz CT molecular complexity index is 260. The molecule has 0 aromatic heterocycles. The lowest BCUT2D eigenvalue weighted by Gasteiger charge is -2.21. The fourth-order valence-corrected chi connectivity index (χ4v) is 1.76. The Kier molecular flexibility index (Phi) is 10.7. The second-order valence-corrected chi connectivity index (χ2v) is 5.75. The molecule has 0 spiro atoms. The molecular formula is C15H32N2O3. The van der Waals surface area contributed by atoms with Gasteiger partial charge in [-0.05, 0) is 32.6 Å². The first-order chi connectivity index (χ1) is 9.38. The summed E-state index contributed by atoms with van der Waals surface area (Å²) < 4.78 is 5.42. The van der Waals surface area contributed by atoms with Crippen LogP contribution in [-0.4, -0.2) is 61.4 Å². The number of ether oxygens (including phenoxy) is 1. The van der Waals surface area contributed by atoms with Crippen LogP contribution in [0.4, 0.5) is 0 Å². The fraction of sp³-hybridized carbons (Fsp3) is 0.933. The number of rotatable bonds is 11. The number of nitrogens with zero attached hydrogens (tertiary/aromatic N) is 1. The third-order valence-electron chi connectivity index (χ3n) is 3.26. The largest absolute Gasteiger partial charge is 0.389 e. The van der Waals surface area contributed by atoms with E-state index < -0.39 is 6.10 Å². The van der Waals surface area contributed by atoms with Gasteiger partial charge in [0.05, 0.1) is 18.8 Å². The molecule has 1 amide bonds. The minimum Gasteiger partial charge on any atom is -0.389 e. The van der Waals surface area contributed by atoms with E-state index in [2.05, 4.69) is 19.2 Å². The van der Waals surface area contributed by atoms with Crippen molar-refractivity contribution in [3.05, 3.63) is 0 Å². The molecule has 0 aromatic rings. The molecule has 0 saturated heterocycles. The highest BCUT2D eigenvalue weighted by Gasteiger charge is 2.16. The molecule has 2 unspecified atom stereocenters. The zero-order valence-corrected chi connectivity index (χ0v) is 13.7. The zero-order chi connectivity index (χ0) is 15.5. The van der Waals surface area contributed by atoms with E-state index in [0.29, 0.717) is 32.2 Å². The van der Waals surface area contributed by atoms with E-state index in [-0.39, 0.29) is 11.9 Å². The Morgan fingerprint density at radius 2 is 2.00 bits per heavy atom. The molecule has 0 aliphatic heterocycles. The first-order valence-corrected chi connectivity index (χ1v) is 7.62. The molecule has 0 fully saturated rings. The summed E-state index contributed by atoms with van der Waals surface area (Å²) in [6, 6.07) is -0.282. The van der Waals surface area contributed by atoms with Gasteiger partial charge in [0.25, 0.3) is 0 Å². The fourth-order valence-electron chi connectivity index (χ4n) is 1.76. The monoisotopic (exact) mass is 288 g/mol. The van der Waals surface area contributed by atoms with Gasteiger partial charge >= 0.3 is 0 Å². The van der Waals surface area contributed by atoms with E-state index in [1.807, 2.05) is 13.8 Å². The van der Waals surface area contributed by atoms with Crippen molar-refractivity contribution >= 4 is 5.91 Å². The Balaban J connectivity index is 3.66. The maximum absolute atomic E-state index is 11.8. The molecule has 2 atom stereocenters. The molecule has 20 heavy (non-hydrogen) atoms. The van der Waals surface area contributed by atoms with E-state index >= 15 is 0 Å². The van der Waals surface area contributed by atoms with Gasteiger partial charge in [0.2, 0.25) is 5.91 Å². The average molecular weight is 288 g/mol. The topological polar surface area (TPSA) is 61.8 Å². The van der Waals surface area contributed by atoms with Crippen LogP contribution in [0.25, 0.3) is 0 Å². The highest BCUT2D eigenvalue weighted by molar-refractivity contribution is 5.81. The molecule has 120 valence electrons. The maximum Gasteiger partial charge on any atom is 0.239 e. The van der Waals surface area contributed by atoms with Gasteiger partial charge < -0.3 is 20.1 Å². The second-order valence-electron chi connectivity index (χ2n) is 5.75. The van der Waals surface area contributed by atoms with Crippen LogP contribution in [-0.2, 0) is 9.53 Å². The Hall–Kier alpha value is -0.650. The second kappa shape index (κ2) is 11.1. The van der Waals surface area contributed by atoms with E-state index in [4.69, 9.17) is 4.74 Å². The van der Waals surface area contributed by atoms with Crippen molar-refractivity contribution in [2.75, 3.05) is 33.4 Å². The molecule has 0 aromatic carbocycles. The summed E-state index contributed by atoms with van der Waals surface area (Å²) in [5.74, 6) is 0.727. The summed E-state index contributed by atoms with van der Waals surface area (Å²) in [6.45, 7) is 10.2. The van der Waals surface area contributed by atoms with Gasteiger partial charge in [-0.25, -0.2) is 0 Å². The number of aliphatic hydroxyl groups excluding tert-OH is 1. The minimum absolute atomic E-state index is 0.0394. The molecule has 0 aliphatic rings. The number of carbonyl (C=O) groups excluding carboxylic acids is 1. The van der Waals surface area contributed by atoms with Crippen LogP contribution in [0, 0.1) is 5.92 Å². The molecule has 0 bridgehead atoms. The number of carbonyl (C=O) groups is 1. The van der Waals surface area contributed by atoms with E-state index in [1.54, 1.807) is 11.9 Å². The van der Waals surface area contributed by atoms with Gasteiger partial charge in [0.15, 0.2) is 0 Å². The number of likely N-dealkylation sites (N-methyl/N-ethyl adjacent to an activating group) is 1. The van der Waals surface area contributed by atoms with E-state index in [1.165, 1.54) is 0 Å². The van der Waals surface area contributed by atoms with Crippen LogP contribution in [0.15, 0.2) is 0 Å². The van der Waals surface area contributed by atoms with Crippen molar-refractivity contribution in [1.82, 2.24) is 10.2 Å². The quantitative estimate of drug-likeness (QED) is 0.562. The summed E-state index contributed by atoms with van der Waals surface area (Å²) in [4.78, 5) is 13.5. The molecule has 5 nitrogen and oxygen atoms in total. The lowest BCUT2D eigenvalue weighted by atomic mass is 10.1. The molecule has 0 heterocycles. The van der Waals surface area contributed by atoms with E-state index in [9.17, 15) is 9.90 Å².